The van der Waals surface area contributed by atoms with E-state index in [0.717, 1.165) is 24.8 Å². The summed E-state index contributed by atoms with van der Waals surface area (Å²) in [6, 6.07) is 3.80. The van der Waals surface area contributed by atoms with Crippen LogP contribution in [-0.4, -0.2) is 12.6 Å². The van der Waals surface area contributed by atoms with Crippen LogP contribution in [-0.2, 0) is 17.6 Å². The lowest BCUT2D eigenvalue weighted by molar-refractivity contribution is 0.0527. The van der Waals surface area contributed by atoms with Crippen LogP contribution in [0.25, 0.3) is 0 Å². The van der Waals surface area contributed by atoms with E-state index in [4.69, 9.17) is 10.5 Å². The zero-order valence-corrected chi connectivity index (χ0v) is 9.58. The van der Waals surface area contributed by atoms with E-state index in [0.29, 0.717) is 17.9 Å². The first-order chi connectivity index (χ1) is 7.74. The molecule has 2 rings (SSSR count). The van der Waals surface area contributed by atoms with Gasteiger partial charge in [0.15, 0.2) is 0 Å². The lowest BCUT2D eigenvalue weighted by atomic mass is 9.89. The summed E-state index contributed by atoms with van der Waals surface area (Å²) >= 11 is 0. The molecular formula is C13H17NO2. The molecule has 0 saturated carbocycles. The number of benzene rings is 1. The summed E-state index contributed by atoms with van der Waals surface area (Å²) in [5, 5.41) is 0. The molecule has 16 heavy (non-hydrogen) atoms. The third-order valence-corrected chi connectivity index (χ3v) is 3.07. The SMILES string of the molecule is CCOC(=O)c1ccc2c(c1N)CCCC2. The molecule has 1 aromatic carbocycles. The molecule has 0 aliphatic heterocycles. The van der Waals surface area contributed by atoms with Crippen molar-refractivity contribution in [1.29, 1.82) is 0 Å². The second-order valence-electron chi connectivity index (χ2n) is 4.09. The number of aryl methyl sites for hydroxylation is 1. The number of carbonyl (C=O) groups is 1. The zero-order chi connectivity index (χ0) is 11.5. The molecule has 0 radical (unpaired) electrons. The zero-order valence-electron chi connectivity index (χ0n) is 9.58. The number of nitrogens with two attached hydrogens (primary N) is 1. The Balaban J connectivity index is 2.37. The van der Waals surface area contributed by atoms with Gasteiger partial charge in [-0.3, -0.25) is 0 Å². The van der Waals surface area contributed by atoms with Gasteiger partial charge in [0.25, 0.3) is 0 Å². The Morgan fingerprint density at radius 3 is 2.88 bits per heavy atom. The number of anilines is 1. The Hall–Kier alpha value is -1.51. The minimum Gasteiger partial charge on any atom is -0.462 e. The van der Waals surface area contributed by atoms with Crippen molar-refractivity contribution in [2.75, 3.05) is 12.3 Å². The van der Waals surface area contributed by atoms with Crippen molar-refractivity contribution < 1.29 is 9.53 Å². The highest BCUT2D eigenvalue weighted by molar-refractivity contribution is 5.96. The molecule has 0 fully saturated rings. The summed E-state index contributed by atoms with van der Waals surface area (Å²) < 4.78 is 4.98. The minimum atomic E-state index is -0.312. The molecule has 3 nitrogen and oxygen atoms in total. The molecule has 0 heterocycles. The van der Waals surface area contributed by atoms with E-state index in [-0.39, 0.29) is 5.97 Å². The van der Waals surface area contributed by atoms with E-state index in [1.807, 2.05) is 6.07 Å². The Kier molecular flexibility index (Phi) is 3.13. The standard InChI is InChI=1S/C13H17NO2/c1-2-16-13(15)11-8-7-9-5-3-4-6-10(9)12(11)14/h7-8H,2-6,14H2,1H3. The highest BCUT2D eigenvalue weighted by Gasteiger charge is 2.18. The van der Waals surface area contributed by atoms with Crippen LogP contribution >= 0.6 is 0 Å². The van der Waals surface area contributed by atoms with Crippen LogP contribution in [0.15, 0.2) is 12.1 Å². The van der Waals surface area contributed by atoms with E-state index >= 15 is 0 Å². The maximum atomic E-state index is 11.6. The highest BCUT2D eigenvalue weighted by atomic mass is 16.5. The molecule has 1 aliphatic rings. The lowest BCUT2D eigenvalue weighted by Crippen LogP contribution is -2.13. The predicted octanol–water partition coefficient (Wildman–Crippen LogP) is 2.32. The second-order valence-corrected chi connectivity index (χ2v) is 4.09. The van der Waals surface area contributed by atoms with Crippen molar-refractivity contribution >= 4 is 11.7 Å². The fourth-order valence-electron chi connectivity index (χ4n) is 2.24. The van der Waals surface area contributed by atoms with Crippen molar-refractivity contribution in [3.05, 3.63) is 28.8 Å². The molecule has 0 saturated heterocycles. The molecule has 0 atom stereocenters. The van der Waals surface area contributed by atoms with Crippen LogP contribution in [0.5, 0.6) is 0 Å². The minimum absolute atomic E-state index is 0.312. The maximum Gasteiger partial charge on any atom is 0.340 e. The quantitative estimate of drug-likeness (QED) is 0.613. The Morgan fingerprint density at radius 1 is 1.38 bits per heavy atom. The van der Waals surface area contributed by atoms with E-state index < -0.39 is 0 Å². The van der Waals surface area contributed by atoms with E-state index in [9.17, 15) is 4.79 Å². The number of rotatable bonds is 2. The van der Waals surface area contributed by atoms with Crippen LogP contribution in [0.3, 0.4) is 0 Å². The van der Waals surface area contributed by atoms with Crippen LogP contribution < -0.4 is 5.73 Å². The van der Waals surface area contributed by atoms with Crippen molar-refractivity contribution in [1.82, 2.24) is 0 Å². The molecule has 0 bridgehead atoms. The number of carbonyl (C=O) groups excluding carboxylic acids is 1. The van der Waals surface area contributed by atoms with Gasteiger partial charge in [-0.1, -0.05) is 6.07 Å². The van der Waals surface area contributed by atoms with E-state index in [1.54, 1.807) is 13.0 Å². The number of esters is 1. The smallest absolute Gasteiger partial charge is 0.340 e. The van der Waals surface area contributed by atoms with Crippen molar-refractivity contribution in [2.24, 2.45) is 0 Å². The molecule has 0 aromatic heterocycles. The van der Waals surface area contributed by atoms with Crippen molar-refractivity contribution in [3.8, 4) is 0 Å². The third-order valence-electron chi connectivity index (χ3n) is 3.07. The Bertz CT molecular complexity index is 413. The summed E-state index contributed by atoms with van der Waals surface area (Å²) in [6.45, 7) is 2.18. The van der Waals surface area contributed by atoms with Gasteiger partial charge in [0.2, 0.25) is 0 Å². The van der Waals surface area contributed by atoms with Gasteiger partial charge in [0, 0.05) is 5.69 Å². The fourth-order valence-corrected chi connectivity index (χ4v) is 2.24. The number of nitrogen functional groups attached to an aromatic ring is 1. The first kappa shape index (κ1) is 11.0. The lowest BCUT2D eigenvalue weighted by Gasteiger charge is -2.19. The van der Waals surface area contributed by atoms with Crippen LogP contribution in [0.4, 0.5) is 5.69 Å². The predicted molar refractivity (Wildman–Crippen MR) is 63.5 cm³/mol. The molecule has 1 aromatic rings. The summed E-state index contributed by atoms with van der Waals surface area (Å²) in [4.78, 5) is 11.6. The van der Waals surface area contributed by atoms with Crippen LogP contribution in [0.2, 0.25) is 0 Å². The largest absolute Gasteiger partial charge is 0.462 e. The van der Waals surface area contributed by atoms with E-state index in [1.165, 1.54) is 12.0 Å². The molecular weight excluding hydrogens is 202 g/mol. The maximum absolute atomic E-state index is 11.6. The highest BCUT2D eigenvalue weighted by Crippen LogP contribution is 2.29. The van der Waals surface area contributed by atoms with Crippen molar-refractivity contribution in [3.63, 3.8) is 0 Å². The van der Waals surface area contributed by atoms with Gasteiger partial charge in [-0.15, -0.1) is 0 Å². The molecule has 2 N–H and O–H groups in total. The van der Waals surface area contributed by atoms with Gasteiger partial charge < -0.3 is 10.5 Å². The Labute approximate surface area is 95.6 Å². The average Bonchev–Trinajstić information content (AvgIpc) is 2.30. The molecule has 1 aliphatic carbocycles. The summed E-state index contributed by atoms with van der Waals surface area (Å²) in [7, 11) is 0. The molecule has 86 valence electrons. The van der Waals surface area contributed by atoms with Gasteiger partial charge in [-0.2, -0.15) is 0 Å². The van der Waals surface area contributed by atoms with Gasteiger partial charge >= 0.3 is 5.97 Å². The molecule has 3 heteroatoms. The molecule has 0 unspecified atom stereocenters. The molecule has 0 amide bonds. The number of hydrogen-bond donors (Lipinski definition) is 1. The normalized spacial score (nSPS) is 14.3. The molecule has 0 spiro atoms. The third kappa shape index (κ3) is 1.90. The van der Waals surface area contributed by atoms with Gasteiger partial charge in [-0.25, -0.2) is 4.79 Å². The van der Waals surface area contributed by atoms with Crippen LogP contribution in [0.1, 0.15) is 41.3 Å². The van der Waals surface area contributed by atoms with Gasteiger partial charge in [0.1, 0.15) is 0 Å². The van der Waals surface area contributed by atoms with E-state index in [2.05, 4.69) is 0 Å². The number of fused-ring (bicyclic) bond motifs is 1. The first-order valence-corrected chi connectivity index (χ1v) is 5.81. The number of hydrogen-bond acceptors (Lipinski definition) is 3. The monoisotopic (exact) mass is 219 g/mol. The fraction of sp³-hybridized carbons (Fsp3) is 0.462. The average molecular weight is 219 g/mol. The summed E-state index contributed by atoms with van der Waals surface area (Å²) in [5.41, 5.74) is 9.61. The number of ether oxygens (including phenoxy) is 1. The van der Waals surface area contributed by atoms with Crippen molar-refractivity contribution in [2.45, 2.75) is 32.6 Å². The summed E-state index contributed by atoms with van der Waals surface area (Å²) in [5.74, 6) is -0.312. The summed E-state index contributed by atoms with van der Waals surface area (Å²) in [6.07, 6.45) is 4.42. The van der Waals surface area contributed by atoms with Gasteiger partial charge in [0.05, 0.1) is 12.2 Å². The second kappa shape index (κ2) is 4.56. The van der Waals surface area contributed by atoms with Gasteiger partial charge in [-0.05, 0) is 49.8 Å². The topological polar surface area (TPSA) is 52.3 Å². The van der Waals surface area contributed by atoms with Crippen LogP contribution in [0, 0.1) is 0 Å². The Morgan fingerprint density at radius 2 is 2.12 bits per heavy atom. The first-order valence-electron chi connectivity index (χ1n) is 5.81.